The van der Waals surface area contributed by atoms with Crippen molar-refractivity contribution in [1.82, 2.24) is 0 Å². The molecule has 0 amide bonds. The van der Waals surface area contributed by atoms with Gasteiger partial charge in [-0.25, -0.2) is 8.42 Å². The van der Waals surface area contributed by atoms with Crippen LogP contribution in [0.15, 0.2) is 23.3 Å². The van der Waals surface area contributed by atoms with Gasteiger partial charge in [-0.3, -0.25) is 0 Å². The average molecular weight is 367 g/mol. The molecule has 2 fully saturated rings. The summed E-state index contributed by atoms with van der Waals surface area (Å²) in [7, 11) is -1.88. The van der Waals surface area contributed by atoms with Crippen molar-refractivity contribution in [3.05, 3.63) is 23.3 Å². The summed E-state index contributed by atoms with van der Waals surface area (Å²) in [6.45, 7) is 9.31. The van der Waals surface area contributed by atoms with Crippen LogP contribution in [0.4, 0.5) is 0 Å². The Labute approximate surface area is 150 Å². The first-order chi connectivity index (χ1) is 11.1. The molecule has 0 spiro atoms. The molecule has 0 aromatic carbocycles. The highest BCUT2D eigenvalue weighted by Gasteiger charge is 2.52. The van der Waals surface area contributed by atoms with Crippen LogP contribution >= 0.6 is 10.8 Å². The first kappa shape index (κ1) is 17.2. The minimum absolute atomic E-state index is 0.266. The molecule has 24 heavy (non-hydrogen) atoms. The maximum absolute atomic E-state index is 12.7. The lowest BCUT2D eigenvalue weighted by Gasteiger charge is -2.56. The highest BCUT2D eigenvalue weighted by atomic mass is 33.1. The predicted octanol–water partition coefficient (Wildman–Crippen LogP) is 5.03. The Balaban J connectivity index is 1.39. The van der Waals surface area contributed by atoms with Crippen molar-refractivity contribution < 1.29 is 8.42 Å². The third-order valence-electron chi connectivity index (χ3n) is 7.91. The molecule has 2 nitrogen and oxygen atoms in total. The third-order valence-corrected chi connectivity index (χ3v) is 11.2. The zero-order chi connectivity index (χ0) is 17.3. The smallest absolute Gasteiger partial charge is 0.205 e. The van der Waals surface area contributed by atoms with Crippen LogP contribution in [0.25, 0.3) is 0 Å². The molecule has 134 valence electrons. The minimum Gasteiger partial charge on any atom is -0.217 e. The summed E-state index contributed by atoms with van der Waals surface area (Å²) in [6, 6.07) is 0. The number of allylic oxidation sites excluding steroid dienone is 2. The molecule has 0 heterocycles. The summed E-state index contributed by atoms with van der Waals surface area (Å²) in [4.78, 5) is 0. The summed E-state index contributed by atoms with van der Waals surface area (Å²) in [5.74, 6) is 3.62. The third kappa shape index (κ3) is 2.55. The van der Waals surface area contributed by atoms with E-state index < -0.39 is 8.87 Å². The molecule has 2 saturated carbocycles. The van der Waals surface area contributed by atoms with Crippen molar-refractivity contribution >= 4 is 19.7 Å². The largest absolute Gasteiger partial charge is 0.217 e. The van der Waals surface area contributed by atoms with Crippen molar-refractivity contribution in [2.24, 2.45) is 34.5 Å². The van der Waals surface area contributed by atoms with Gasteiger partial charge in [0.1, 0.15) is 0 Å². The molecule has 0 aliphatic heterocycles. The molecule has 0 radical (unpaired) electrons. The molecule has 4 atom stereocenters. The molecule has 0 saturated heterocycles. The summed E-state index contributed by atoms with van der Waals surface area (Å²) in [5, 5.41) is 0. The topological polar surface area (TPSA) is 34.1 Å². The molecule has 6 rings (SSSR count). The minimum atomic E-state index is -3.07. The Hall–Kier alpha value is -0.220. The van der Waals surface area contributed by atoms with E-state index in [1.807, 2.05) is 0 Å². The second-order valence-electron chi connectivity index (χ2n) is 9.61. The van der Waals surface area contributed by atoms with Gasteiger partial charge in [0.2, 0.25) is 8.87 Å². The Morgan fingerprint density at radius 2 is 1.46 bits per heavy atom. The molecule has 0 aromatic heterocycles. The average Bonchev–Trinajstić information content (AvgIpc) is 2.52. The quantitative estimate of drug-likeness (QED) is 0.505. The fourth-order valence-electron chi connectivity index (χ4n) is 5.68. The monoisotopic (exact) mass is 366 g/mol. The van der Waals surface area contributed by atoms with Gasteiger partial charge in [0.05, 0.1) is 5.75 Å². The highest BCUT2D eigenvalue weighted by molar-refractivity contribution is 8.72. The Morgan fingerprint density at radius 3 is 1.96 bits per heavy atom. The van der Waals surface area contributed by atoms with Crippen LogP contribution in [0.2, 0.25) is 0 Å². The fraction of sp³-hybridized carbons (Fsp3) is 0.800. The van der Waals surface area contributed by atoms with E-state index in [-0.39, 0.29) is 5.75 Å². The molecule has 6 aliphatic carbocycles. The van der Waals surface area contributed by atoms with Gasteiger partial charge in [-0.15, -0.1) is 0 Å². The van der Waals surface area contributed by atoms with Crippen LogP contribution in [0, 0.1) is 34.5 Å². The van der Waals surface area contributed by atoms with Gasteiger partial charge in [0, 0.05) is 5.75 Å². The zero-order valence-electron chi connectivity index (χ0n) is 15.3. The summed E-state index contributed by atoms with van der Waals surface area (Å²) in [6.07, 6.45) is 9.22. The van der Waals surface area contributed by atoms with Gasteiger partial charge in [0.25, 0.3) is 0 Å². The van der Waals surface area contributed by atoms with Crippen LogP contribution in [0.3, 0.4) is 0 Å². The van der Waals surface area contributed by atoms with E-state index in [0.717, 1.165) is 24.7 Å². The van der Waals surface area contributed by atoms with Crippen LogP contribution in [0.5, 0.6) is 0 Å². The molecule has 0 N–H and O–H groups in total. The van der Waals surface area contributed by atoms with E-state index in [2.05, 4.69) is 39.8 Å². The van der Waals surface area contributed by atoms with Gasteiger partial charge in [-0.1, -0.05) is 51.0 Å². The molecular formula is C20H30O2S2. The van der Waals surface area contributed by atoms with Gasteiger partial charge in [0.15, 0.2) is 0 Å². The zero-order valence-corrected chi connectivity index (χ0v) is 17.0. The van der Waals surface area contributed by atoms with E-state index in [4.69, 9.17) is 0 Å². The molecular weight excluding hydrogens is 336 g/mol. The van der Waals surface area contributed by atoms with Gasteiger partial charge < -0.3 is 0 Å². The number of rotatable bonds is 5. The van der Waals surface area contributed by atoms with Crippen molar-refractivity contribution in [2.75, 3.05) is 11.5 Å². The lowest BCUT2D eigenvalue weighted by molar-refractivity contribution is -0.00554. The molecule has 4 bridgehead atoms. The Bertz CT molecular complexity index is 712. The van der Waals surface area contributed by atoms with Crippen LogP contribution in [-0.2, 0) is 8.87 Å². The van der Waals surface area contributed by atoms with Crippen molar-refractivity contribution in [3.63, 3.8) is 0 Å². The molecule has 6 aliphatic rings. The van der Waals surface area contributed by atoms with E-state index >= 15 is 0 Å². The summed E-state index contributed by atoms with van der Waals surface area (Å²) < 4.78 is 25.4. The molecule has 4 heteroatoms. The standard InChI is InChI=1S/C20H30O2S2/c1-19(2)15-7-5-13(17(19)9-15)11-23-24(21,22)12-14-6-8-16-10-18(14)20(16,3)4/h5-6,15-18H,7-12H2,1-4H3/t15-,16-,17-,18-/m0/s1. The fourth-order valence-corrected chi connectivity index (χ4v) is 8.74. The maximum Gasteiger partial charge on any atom is 0.205 e. The lowest BCUT2D eigenvalue weighted by Crippen LogP contribution is -2.49. The first-order valence-electron chi connectivity index (χ1n) is 9.36. The van der Waals surface area contributed by atoms with Crippen LogP contribution in [0.1, 0.15) is 53.4 Å². The molecule has 0 aromatic rings. The van der Waals surface area contributed by atoms with Gasteiger partial charge in [-0.2, -0.15) is 0 Å². The van der Waals surface area contributed by atoms with Gasteiger partial charge in [-0.05, 0) is 71.0 Å². The van der Waals surface area contributed by atoms with E-state index in [1.54, 1.807) is 0 Å². The Morgan fingerprint density at radius 1 is 0.958 bits per heavy atom. The van der Waals surface area contributed by atoms with E-state index in [9.17, 15) is 8.42 Å². The Kier molecular flexibility index (Phi) is 3.86. The van der Waals surface area contributed by atoms with Crippen molar-refractivity contribution in [1.29, 1.82) is 0 Å². The first-order valence-corrected chi connectivity index (χ1v) is 12.5. The van der Waals surface area contributed by atoms with Gasteiger partial charge >= 0.3 is 0 Å². The highest BCUT2D eigenvalue weighted by Crippen LogP contribution is 2.61. The maximum atomic E-state index is 12.7. The number of fused-ring (bicyclic) bond motifs is 2. The van der Waals surface area contributed by atoms with Crippen LogP contribution in [-0.4, -0.2) is 19.9 Å². The second-order valence-corrected chi connectivity index (χ2v) is 13.8. The molecule has 0 unspecified atom stereocenters. The van der Waals surface area contributed by atoms with Crippen LogP contribution < -0.4 is 0 Å². The summed E-state index contributed by atoms with van der Waals surface area (Å²) >= 11 is 0. The number of hydrogen-bond acceptors (Lipinski definition) is 3. The van der Waals surface area contributed by atoms with Crippen molar-refractivity contribution in [2.45, 2.75) is 53.4 Å². The number of hydrogen-bond donors (Lipinski definition) is 0. The summed E-state index contributed by atoms with van der Waals surface area (Å²) in [5.41, 5.74) is 3.27. The second kappa shape index (κ2) is 5.39. The predicted molar refractivity (Wildman–Crippen MR) is 102 cm³/mol. The van der Waals surface area contributed by atoms with Crippen molar-refractivity contribution in [3.8, 4) is 0 Å². The normalized spacial score (nSPS) is 38.5. The van der Waals surface area contributed by atoms with E-state index in [1.165, 1.54) is 34.8 Å². The lowest BCUT2D eigenvalue weighted by atomic mass is 9.49. The van der Waals surface area contributed by atoms with E-state index in [0.29, 0.717) is 28.4 Å². The SMILES string of the molecule is CC1(C)[C@H]2CC=C(CSS(=O)(=O)CC3=CC[C@H]4C[C@@H]3C4(C)C)[C@@H]1C2.